The third-order valence-corrected chi connectivity index (χ3v) is 3.95. The van der Waals surface area contributed by atoms with Gasteiger partial charge in [0.25, 0.3) is 0 Å². The molecule has 2 aromatic rings. The van der Waals surface area contributed by atoms with E-state index in [2.05, 4.69) is 20.9 Å². The van der Waals surface area contributed by atoms with Crippen molar-refractivity contribution in [3.05, 3.63) is 58.3 Å². The molecule has 0 N–H and O–H groups in total. The molecule has 1 heterocycles. The Morgan fingerprint density at radius 1 is 1.22 bits per heavy atom. The van der Waals surface area contributed by atoms with Crippen molar-refractivity contribution in [2.75, 3.05) is 0 Å². The quantitative estimate of drug-likeness (QED) is 0.619. The molecule has 92 valence electrons. The van der Waals surface area contributed by atoms with E-state index >= 15 is 0 Å². The zero-order chi connectivity index (χ0) is 13.0. The van der Waals surface area contributed by atoms with Crippen molar-refractivity contribution >= 4 is 33.5 Å². The van der Waals surface area contributed by atoms with Crippen LogP contribution >= 0.6 is 27.7 Å². The van der Waals surface area contributed by atoms with Gasteiger partial charge in [-0.05, 0) is 47.1 Å². The number of rotatable bonds is 4. The number of halogens is 1. The van der Waals surface area contributed by atoms with Crippen LogP contribution in [0.15, 0.2) is 52.0 Å². The van der Waals surface area contributed by atoms with Crippen molar-refractivity contribution < 1.29 is 4.79 Å². The zero-order valence-electron chi connectivity index (χ0n) is 9.89. The first kappa shape index (κ1) is 13.3. The highest BCUT2D eigenvalue weighted by Crippen LogP contribution is 2.22. The van der Waals surface area contributed by atoms with E-state index in [1.807, 2.05) is 36.4 Å². The Labute approximate surface area is 119 Å². The van der Waals surface area contributed by atoms with Crippen LogP contribution in [0.3, 0.4) is 0 Å². The highest BCUT2D eigenvalue weighted by Gasteiger charge is 2.01. The van der Waals surface area contributed by atoms with Crippen LogP contribution in [0.25, 0.3) is 0 Å². The van der Waals surface area contributed by atoms with Gasteiger partial charge in [0.2, 0.25) is 0 Å². The lowest BCUT2D eigenvalue weighted by molar-refractivity contribution is 0.101. The van der Waals surface area contributed by atoms with Crippen LogP contribution in [-0.2, 0) is 5.75 Å². The van der Waals surface area contributed by atoms with E-state index < -0.39 is 0 Å². The maximum Gasteiger partial charge on any atom is 0.159 e. The van der Waals surface area contributed by atoms with E-state index in [9.17, 15) is 4.79 Å². The van der Waals surface area contributed by atoms with Crippen LogP contribution < -0.4 is 0 Å². The van der Waals surface area contributed by atoms with Crippen LogP contribution in [0.1, 0.15) is 23.0 Å². The number of carbonyl (C=O) groups excluding carboxylic acids is 1. The zero-order valence-corrected chi connectivity index (χ0v) is 12.3. The maximum absolute atomic E-state index is 11.1. The average Bonchev–Trinajstić information content (AvgIpc) is 2.38. The molecular formula is C14H12BrNOS. The smallest absolute Gasteiger partial charge is 0.159 e. The Balaban J connectivity index is 1.97. The molecule has 2 nitrogen and oxygen atoms in total. The van der Waals surface area contributed by atoms with Gasteiger partial charge in [-0.2, -0.15) is 0 Å². The molecule has 0 atom stereocenters. The minimum Gasteiger partial charge on any atom is -0.295 e. The van der Waals surface area contributed by atoms with Gasteiger partial charge >= 0.3 is 0 Å². The van der Waals surface area contributed by atoms with Gasteiger partial charge in [-0.1, -0.05) is 12.1 Å². The molecule has 0 aliphatic rings. The molecule has 0 aliphatic heterocycles. The molecule has 0 aliphatic carbocycles. The molecule has 2 rings (SSSR count). The van der Waals surface area contributed by atoms with Gasteiger partial charge in [0.1, 0.15) is 0 Å². The average molecular weight is 322 g/mol. The monoisotopic (exact) mass is 321 g/mol. The largest absolute Gasteiger partial charge is 0.295 e. The van der Waals surface area contributed by atoms with E-state index in [0.29, 0.717) is 0 Å². The number of carbonyl (C=O) groups is 1. The predicted molar refractivity (Wildman–Crippen MR) is 77.9 cm³/mol. The first-order valence-corrected chi connectivity index (χ1v) is 7.27. The standard InChI is InChI=1S/C14H12BrNOS/c1-10(17)11-2-6-14(7-3-11)18-9-13-5-4-12(15)8-16-13/h2-8H,9H2,1H3. The molecule has 0 saturated carbocycles. The first-order chi connectivity index (χ1) is 8.65. The lowest BCUT2D eigenvalue weighted by atomic mass is 10.2. The Morgan fingerprint density at radius 2 is 1.94 bits per heavy atom. The second-order valence-electron chi connectivity index (χ2n) is 3.84. The Morgan fingerprint density at radius 3 is 2.50 bits per heavy atom. The number of thioether (sulfide) groups is 1. The van der Waals surface area contributed by atoms with Crippen LogP contribution in [0.2, 0.25) is 0 Å². The number of pyridine rings is 1. The highest BCUT2D eigenvalue weighted by molar-refractivity contribution is 9.10. The normalized spacial score (nSPS) is 10.3. The van der Waals surface area contributed by atoms with E-state index in [1.54, 1.807) is 24.9 Å². The van der Waals surface area contributed by atoms with Crippen LogP contribution in [-0.4, -0.2) is 10.8 Å². The Hall–Kier alpha value is -1.13. The Bertz CT molecular complexity index is 537. The van der Waals surface area contributed by atoms with Gasteiger partial charge in [-0.15, -0.1) is 11.8 Å². The molecule has 0 spiro atoms. The molecule has 0 amide bonds. The van der Waals surface area contributed by atoms with Crippen LogP contribution in [0.5, 0.6) is 0 Å². The van der Waals surface area contributed by atoms with E-state index in [-0.39, 0.29) is 5.78 Å². The van der Waals surface area contributed by atoms with Crippen LogP contribution in [0, 0.1) is 0 Å². The summed E-state index contributed by atoms with van der Waals surface area (Å²) in [7, 11) is 0. The van der Waals surface area contributed by atoms with E-state index in [4.69, 9.17) is 0 Å². The SMILES string of the molecule is CC(=O)c1ccc(SCc2ccc(Br)cn2)cc1. The van der Waals surface area contributed by atoms with E-state index in [0.717, 1.165) is 26.4 Å². The molecule has 0 fully saturated rings. The molecular weight excluding hydrogens is 310 g/mol. The van der Waals surface area contributed by atoms with Crippen molar-refractivity contribution in [2.24, 2.45) is 0 Å². The molecule has 0 saturated heterocycles. The summed E-state index contributed by atoms with van der Waals surface area (Å²) in [6.07, 6.45) is 1.80. The summed E-state index contributed by atoms with van der Waals surface area (Å²) in [5.74, 6) is 0.924. The fraction of sp³-hybridized carbons (Fsp3) is 0.143. The van der Waals surface area contributed by atoms with Gasteiger partial charge in [0.05, 0.1) is 5.69 Å². The van der Waals surface area contributed by atoms with Crippen molar-refractivity contribution in [1.82, 2.24) is 4.98 Å². The van der Waals surface area contributed by atoms with Crippen LogP contribution in [0.4, 0.5) is 0 Å². The number of hydrogen-bond acceptors (Lipinski definition) is 3. The number of hydrogen-bond donors (Lipinski definition) is 0. The second-order valence-corrected chi connectivity index (χ2v) is 5.80. The number of aromatic nitrogens is 1. The fourth-order valence-corrected chi connectivity index (χ4v) is 2.48. The third kappa shape index (κ3) is 3.68. The molecule has 0 unspecified atom stereocenters. The molecule has 18 heavy (non-hydrogen) atoms. The topological polar surface area (TPSA) is 30.0 Å². The number of Topliss-reactive ketones (excluding diaryl/α,β-unsaturated/α-hetero) is 1. The minimum atomic E-state index is 0.0983. The van der Waals surface area contributed by atoms with Crippen molar-refractivity contribution in [1.29, 1.82) is 0 Å². The summed E-state index contributed by atoms with van der Waals surface area (Å²) < 4.78 is 0.988. The van der Waals surface area contributed by atoms with Crippen molar-refractivity contribution in [2.45, 2.75) is 17.6 Å². The van der Waals surface area contributed by atoms with Gasteiger partial charge in [0.15, 0.2) is 5.78 Å². The minimum absolute atomic E-state index is 0.0983. The summed E-state index contributed by atoms with van der Waals surface area (Å²) >= 11 is 5.07. The molecule has 0 radical (unpaired) electrons. The van der Waals surface area contributed by atoms with Crippen molar-refractivity contribution in [3.8, 4) is 0 Å². The van der Waals surface area contributed by atoms with E-state index in [1.165, 1.54) is 0 Å². The van der Waals surface area contributed by atoms with Gasteiger partial charge in [0, 0.05) is 26.9 Å². The number of ketones is 1. The summed E-state index contributed by atoms with van der Waals surface area (Å²) in [6, 6.07) is 11.7. The summed E-state index contributed by atoms with van der Waals surface area (Å²) in [5.41, 5.74) is 1.79. The van der Waals surface area contributed by atoms with Gasteiger partial charge in [-0.3, -0.25) is 9.78 Å². The Kier molecular flexibility index (Phi) is 4.55. The number of benzene rings is 1. The number of nitrogens with zero attached hydrogens (tertiary/aromatic N) is 1. The highest BCUT2D eigenvalue weighted by atomic mass is 79.9. The second kappa shape index (κ2) is 6.16. The summed E-state index contributed by atoms with van der Waals surface area (Å²) in [6.45, 7) is 1.58. The molecule has 1 aromatic heterocycles. The first-order valence-electron chi connectivity index (χ1n) is 5.49. The van der Waals surface area contributed by atoms with Gasteiger partial charge in [-0.25, -0.2) is 0 Å². The molecule has 4 heteroatoms. The van der Waals surface area contributed by atoms with Gasteiger partial charge < -0.3 is 0 Å². The lowest BCUT2D eigenvalue weighted by Crippen LogP contribution is -1.90. The lowest BCUT2D eigenvalue weighted by Gasteiger charge is -2.02. The maximum atomic E-state index is 11.1. The summed E-state index contributed by atoms with van der Waals surface area (Å²) in [4.78, 5) is 16.6. The third-order valence-electron chi connectivity index (χ3n) is 2.44. The fourth-order valence-electron chi connectivity index (χ4n) is 1.43. The molecule has 0 bridgehead atoms. The van der Waals surface area contributed by atoms with Crippen molar-refractivity contribution in [3.63, 3.8) is 0 Å². The molecule has 1 aromatic carbocycles. The predicted octanol–water partition coefficient (Wildman–Crippen LogP) is 4.34. The summed E-state index contributed by atoms with van der Waals surface area (Å²) in [5, 5.41) is 0.